The second-order valence-electron chi connectivity index (χ2n) is 5.47. The molecule has 0 spiro atoms. The van der Waals surface area contributed by atoms with Crippen molar-refractivity contribution in [3.05, 3.63) is 48.2 Å². The molecule has 2 aromatic rings. The Labute approximate surface area is 135 Å². The molecule has 1 aromatic carbocycles. The molecule has 1 saturated heterocycles. The monoisotopic (exact) mass is 312 g/mol. The molecule has 6 nitrogen and oxygen atoms in total. The molecular formula is C17H20N4O2. The number of nitrogens with zero attached hydrogens (tertiary/aromatic N) is 2. The van der Waals surface area contributed by atoms with Crippen LogP contribution in [0, 0.1) is 0 Å². The third-order valence-electron chi connectivity index (χ3n) is 3.74. The molecule has 120 valence electrons. The van der Waals surface area contributed by atoms with Crippen LogP contribution in [0.3, 0.4) is 0 Å². The molecule has 3 N–H and O–H groups in total. The third kappa shape index (κ3) is 4.20. The minimum Gasteiger partial charge on any atom is -0.399 e. The number of benzene rings is 1. The van der Waals surface area contributed by atoms with Crippen LogP contribution in [0.5, 0.6) is 0 Å². The Hall–Kier alpha value is -2.60. The molecule has 0 atom stereocenters. The number of pyridine rings is 1. The van der Waals surface area contributed by atoms with Gasteiger partial charge in [-0.2, -0.15) is 0 Å². The van der Waals surface area contributed by atoms with E-state index in [0.29, 0.717) is 17.9 Å². The largest absolute Gasteiger partial charge is 0.399 e. The number of carbonyl (C=O) groups is 1. The summed E-state index contributed by atoms with van der Waals surface area (Å²) in [7, 11) is 0. The minimum absolute atomic E-state index is 0.0959. The number of nitrogen functional groups attached to an aromatic ring is 1. The molecule has 0 saturated carbocycles. The van der Waals surface area contributed by atoms with Gasteiger partial charge in [-0.05, 0) is 29.8 Å². The summed E-state index contributed by atoms with van der Waals surface area (Å²) in [5.74, 6) is 0.462. The Morgan fingerprint density at radius 3 is 2.57 bits per heavy atom. The first kappa shape index (κ1) is 15.3. The second-order valence-corrected chi connectivity index (χ2v) is 5.47. The first-order chi connectivity index (χ1) is 11.2. The van der Waals surface area contributed by atoms with Gasteiger partial charge in [0.25, 0.3) is 0 Å². The highest BCUT2D eigenvalue weighted by atomic mass is 16.5. The van der Waals surface area contributed by atoms with Crippen molar-refractivity contribution in [1.29, 1.82) is 0 Å². The van der Waals surface area contributed by atoms with Crippen LogP contribution in [0.1, 0.15) is 5.56 Å². The van der Waals surface area contributed by atoms with Crippen molar-refractivity contribution < 1.29 is 9.53 Å². The number of nitrogens with two attached hydrogens (primary N) is 1. The summed E-state index contributed by atoms with van der Waals surface area (Å²) in [5.41, 5.74) is 8.29. The molecule has 6 heteroatoms. The fourth-order valence-corrected chi connectivity index (χ4v) is 2.48. The van der Waals surface area contributed by atoms with Crippen LogP contribution in [-0.4, -0.2) is 37.2 Å². The minimum atomic E-state index is -0.0959. The summed E-state index contributed by atoms with van der Waals surface area (Å²) in [6, 6.07) is 11.1. The van der Waals surface area contributed by atoms with E-state index in [4.69, 9.17) is 10.5 Å². The Bertz CT molecular complexity index is 649. The van der Waals surface area contributed by atoms with E-state index in [2.05, 4.69) is 15.2 Å². The number of aromatic nitrogens is 1. The zero-order valence-corrected chi connectivity index (χ0v) is 12.9. The number of rotatable bonds is 4. The number of carbonyl (C=O) groups excluding carboxylic acids is 1. The van der Waals surface area contributed by atoms with Crippen LogP contribution >= 0.6 is 0 Å². The molecule has 1 aromatic heterocycles. The van der Waals surface area contributed by atoms with E-state index in [0.717, 1.165) is 37.6 Å². The Balaban J connectivity index is 1.57. The molecule has 3 rings (SSSR count). The van der Waals surface area contributed by atoms with Crippen molar-refractivity contribution in [3.8, 4) is 0 Å². The molecule has 23 heavy (non-hydrogen) atoms. The van der Waals surface area contributed by atoms with Gasteiger partial charge < -0.3 is 20.7 Å². The zero-order chi connectivity index (χ0) is 16.1. The van der Waals surface area contributed by atoms with Gasteiger partial charge in [0.1, 0.15) is 5.82 Å². The molecule has 1 amide bonds. The molecule has 1 aliphatic rings. The van der Waals surface area contributed by atoms with Crippen LogP contribution < -0.4 is 16.0 Å². The summed E-state index contributed by atoms with van der Waals surface area (Å²) in [4.78, 5) is 18.6. The van der Waals surface area contributed by atoms with E-state index in [9.17, 15) is 4.79 Å². The number of nitrogens with one attached hydrogen (secondary N) is 1. The number of ether oxygens (including phenoxy) is 1. The summed E-state index contributed by atoms with van der Waals surface area (Å²) >= 11 is 0. The number of morpholine rings is 1. The molecule has 0 bridgehead atoms. The molecular weight excluding hydrogens is 292 g/mol. The van der Waals surface area contributed by atoms with Gasteiger partial charge in [0.2, 0.25) is 5.91 Å². The van der Waals surface area contributed by atoms with Crippen molar-refractivity contribution in [2.24, 2.45) is 0 Å². The smallest absolute Gasteiger partial charge is 0.229 e. The van der Waals surface area contributed by atoms with Gasteiger partial charge in [-0.25, -0.2) is 4.98 Å². The van der Waals surface area contributed by atoms with Crippen LogP contribution in [0.2, 0.25) is 0 Å². The van der Waals surface area contributed by atoms with E-state index < -0.39 is 0 Å². The van der Waals surface area contributed by atoms with Gasteiger partial charge in [-0.1, -0.05) is 12.1 Å². The maximum Gasteiger partial charge on any atom is 0.229 e. The molecule has 1 aliphatic heterocycles. The average Bonchev–Trinajstić information content (AvgIpc) is 2.58. The fraction of sp³-hybridized carbons (Fsp3) is 0.294. The van der Waals surface area contributed by atoms with Crippen LogP contribution in [0.25, 0.3) is 0 Å². The maximum atomic E-state index is 12.0. The Kier molecular flexibility index (Phi) is 4.73. The lowest BCUT2D eigenvalue weighted by Gasteiger charge is -2.28. The number of hydrogen-bond donors (Lipinski definition) is 2. The normalized spacial score (nSPS) is 14.5. The van der Waals surface area contributed by atoms with Crippen LogP contribution in [0.15, 0.2) is 42.6 Å². The lowest BCUT2D eigenvalue weighted by atomic mass is 10.1. The summed E-state index contributed by atoms with van der Waals surface area (Å²) in [6.07, 6.45) is 2.08. The summed E-state index contributed by atoms with van der Waals surface area (Å²) < 4.78 is 5.33. The predicted octanol–water partition coefficient (Wildman–Crippen LogP) is 1.68. The molecule has 1 fully saturated rings. The highest BCUT2D eigenvalue weighted by molar-refractivity contribution is 5.91. The predicted molar refractivity (Wildman–Crippen MR) is 90.5 cm³/mol. The van der Waals surface area contributed by atoms with Gasteiger partial charge in [0.05, 0.1) is 31.5 Å². The first-order valence-corrected chi connectivity index (χ1v) is 7.64. The number of amides is 1. The van der Waals surface area contributed by atoms with Gasteiger partial charge >= 0.3 is 0 Å². The molecule has 0 radical (unpaired) electrons. The van der Waals surface area contributed by atoms with Crippen molar-refractivity contribution in [2.75, 3.05) is 42.3 Å². The fourth-order valence-electron chi connectivity index (χ4n) is 2.48. The van der Waals surface area contributed by atoms with E-state index >= 15 is 0 Å². The van der Waals surface area contributed by atoms with Crippen LogP contribution in [0.4, 0.5) is 17.2 Å². The van der Waals surface area contributed by atoms with E-state index in [1.165, 1.54) is 0 Å². The Morgan fingerprint density at radius 2 is 1.91 bits per heavy atom. The molecule has 0 unspecified atom stereocenters. The van der Waals surface area contributed by atoms with Crippen LogP contribution in [-0.2, 0) is 16.0 Å². The van der Waals surface area contributed by atoms with Gasteiger partial charge in [0.15, 0.2) is 0 Å². The molecule has 0 aliphatic carbocycles. The number of hydrogen-bond acceptors (Lipinski definition) is 5. The van der Waals surface area contributed by atoms with Gasteiger partial charge in [-0.3, -0.25) is 4.79 Å². The highest BCUT2D eigenvalue weighted by Crippen LogP contribution is 2.16. The lowest BCUT2D eigenvalue weighted by molar-refractivity contribution is -0.115. The average molecular weight is 312 g/mol. The zero-order valence-electron chi connectivity index (χ0n) is 12.9. The lowest BCUT2D eigenvalue weighted by Crippen LogP contribution is -2.36. The van der Waals surface area contributed by atoms with E-state index in [1.54, 1.807) is 18.3 Å². The van der Waals surface area contributed by atoms with Crippen molar-refractivity contribution in [2.45, 2.75) is 6.42 Å². The van der Waals surface area contributed by atoms with Gasteiger partial charge in [-0.15, -0.1) is 0 Å². The topological polar surface area (TPSA) is 80.5 Å². The highest BCUT2D eigenvalue weighted by Gasteiger charge is 2.12. The molecule has 2 heterocycles. The van der Waals surface area contributed by atoms with Crippen molar-refractivity contribution >= 4 is 23.1 Å². The maximum absolute atomic E-state index is 12.0. The summed E-state index contributed by atoms with van der Waals surface area (Å²) in [6.45, 7) is 3.20. The number of anilines is 3. The van der Waals surface area contributed by atoms with E-state index in [-0.39, 0.29) is 5.91 Å². The standard InChI is InChI=1S/C17H20N4O2/c18-14-3-1-13(2-4-14)11-17(22)20-16-6-5-15(12-19-16)21-7-9-23-10-8-21/h1-6,12H,7-11,18H2,(H,19,20,22). The second kappa shape index (κ2) is 7.11. The summed E-state index contributed by atoms with van der Waals surface area (Å²) in [5, 5.41) is 2.81. The van der Waals surface area contributed by atoms with E-state index in [1.807, 2.05) is 24.3 Å². The van der Waals surface area contributed by atoms with Gasteiger partial charge in [0, 0.05) is 18.8 Å². The Morgan fingerprint density at radius 1 is 1.17 bits per heavy atom. The van der Waals surface area contributed by atoms with Crippen molar-refractivity contribution in [1.82, 2.24) is 4.98 Å². The quantitative estimate of drug-likeness (QED) is 0.840. The third-order valence-corrected chi connectivity index (χ3v) is 3.74. The van der Waals surface area contributed by atoms with Crippen molar-refractivity contribution in [3.63, 3.8) is 0 Å². The first-order valence-electron chi connectivity index (χ1n) is 7.64. The SMILES string of the molecule is Nc1ccc(CC(=O)Nc2ccc(N3CCOCC3)cn2)cc1.